The summed E-state index contributed by atoms with van der Waals surface area (Å²) in [6.45, 7) is 3.49. The molecule has 2 aromatic carbocycles. The van der Waals surface area contributed by atoms with Gasteiger partial charge in [-0.3, -0.25) is 29.2 Å². The molecule has 8 heterocycles. The van der Waals surface area contributed by atoms with Gasteiger partial charge in [-0.25, -0.2) is 9.97 Å². The molecular formula is C62H86N8O4. The molecule has 10 aliphatic rings. The summed E-state index contributed by atoms with van der Waals surface area (Å²) in [5.74, 6) is 4.12. The van der Waals surface area contributed by atoms with Crippen LogP contribution in [0.4, 0.5) is 0 Å². The van der Waals surface area contributed by atoms with E-state index in [2.05, 4.69) is 71.2 Å². The molecule has 8 bridgehead atoms. The first kappa shape index (κ1) is 48.5. The fourth-order valence-electron chi connectivity index (χ4n) is 19.9. The van der Waals surface area contributed by atoms with E-state index < -0.39 is 11.9 Å². The second kappa shape index (κ2) is 19.9. The molecule has 11 atom stereocenters. The third-order valence-corrected chi connectivity index (χ3v) is 22.3. The number of likely N-dealkylation sites (tertiary alicyclic amines) is 2. The topological polar surface area (TPSA) is 123 Å². The molecule has 12 heteroatoms. The average Bonchev–Trinajstić information content (AvgIpc) is 4.04. The molecule has 2 N–H and O–H groups in total. The van der Waals surface area contributed by atoms with Crippen LogP contribution in [0.3, 0.4) is 0 Å². The summed E-state index contributed by atoms with van der Waals surface area (Å²) in [5.41, 5.74) is 6.64. The summed E-state index contributed by atoms with van der Waals surface area (Å²) in [4.78, 5) is 46.0. The van der Waals surface area contributed by atoms with Crippen LogP contribution in [-0.4, -0.2) is 136 Å². The minimum Gasteiger partial charge on any atom is -0.480 e. The standard InChI is InChI=1S/C62H86N8O4/c71-57(72)38-65-24-8-13-43(36-65)60-63-54-20-1-2-21-55(54)69(60)50-32-47-17-5-18-48(33-50)68(47)52-29-42-12-7-23-62(34-42,35-52)53-19-6-22-56-59(53)64-61(44-14-9-25-66(37-44)39-58(73)74)70(56)51-30-45-15-4-16-46(31-51)67(45)49-27-40-10-3-11-41(26-40)28-49/h1-2,6,19-22,40-52H,3-5,7-18,23-39H2,(H,71,72)(H,73,74). The first-order chi connectivity index (χ1) is 36.2. The van der Waals surface area contributed by atoms with Gasteiger partial charge < -0.3 is 19.3 Å². The Morgan fingerprint density at radius 3 is 1.68 bits per heavy atom. The van der Waals surface area contributed by atoms with E-state index in [-0.39, 0.29) is 30.3 Å². The summed E-state index contributed by atoms with van der Waals surface area (Å²) in [6.07, 6.45) is 33.3. The second-order valence-electron chi connectivity index (χ2n) is 26.8. The van der Waals surface area contributed by atoms with Crippen LogP contribution in [0, 0.1) is 17.8 Å². The smallest absolute Gasteiger partial charge is 0.317 e. The number of aliphatic carboxylic acids is 2. The Labute approximate surface area is 440 Å². The molecule has 11 unspecified atom stereocenters. The van der Waals surface area contributed by atoms with Gasteiger partial charge in [0, 0.05) is 73.3 Å². The fraction of sp³-hybridized carbons (Fsp3) is 0.742. The highest BCUT2D eigenvalue weighted by atomic mass is 16.4. The largest absolute Gasteiger partial charge is 0.480 e. The lowest BCUT2D eigenvalue weighted by Gasteiger charge is -2.58. The molecule has 0 radical (unpaired) electrons. The van der Waals surface area contributed by atoms with Crippen LogP contribution in [-0.2, 0) is 15.0 Å². The Balaban J connectivity index is 0.784. The van der Waals surface area contributed by atoms with Gasteiger partial charge in [0.05, 0.1) is 35.2 Å². The molecule has 14 rings (SSSR count). The van der Waals surface area contributed by atoms with Crippen molar-refractivity contribution in [3.05, 3.63) is 59.7 Å². The predicted octanol–water partition coefficient (Wildman–Crippen LogP) is 11.3. The Morgan fingerprint density at radius 1 is 0.500 bits per heavy atom. The van der Waals surface area contributed by atoms with Gasteiger partial charge in [-0.2, -0.15) is 0 Å². The maximum absolute atomic E-state index is 12.2. The number of aromatic nitrogens is 4. The van der Waals surface area contributed by atoms with E-state index >= 15 is 0 Å². The molecule has 6 saturated heterocycles. The molecule has 10 fully saturated rings. The number of carbonyl (C=O) groups is 2. The number of rotatable bonds is 11. The molecule has 4 aliphatic carbocycles. The number of hydrogen-bond donors (Lipinski definition) is 2. The highest BCUT2D eigenvalue weighted by Crippen LogP contribution is 2.56. The zero-order chi connectivity index (χ0) is 49.7. The van der Waals surface area contributed by atoms with E-state index in [0.717, 1.165) is 94.0 Å². The summed E-state index contributed by atoms with van der Waals surface area (Å²) in [6, 6.07) is 20.8. The molecule has 74 heavy (non-hydrogen) atoms. The summed E-state index contributed by atoms with van der Waals surface area (Å²) < 4.78 is 5.49. The maximum Gasteiger partial charge on any atom is 0.317 e. The van der Waals surface area contributed by atoms with Crippen LogP contribution in [0.1, 0.15) is 208 Å². The molecular weight excluding hydrogens is 921 g/mol. The minimum atomic E-state index is -0.738. The number of para-hydroxylation sites is 3. The Bertz CT molecular complexity index is 2680. The van der Waals surface area contributed by atoms with Gasteiger partial charge in [-0.1, -0.05) is 69.2 Å². The van der Waals surface area contributed by atoms with E-state index in [1.54, 1.807) is 0 Å². The molecule has 12 nitrogen and oxygen atoms in total. The van der Waals surface area contributed by atoms with Crippen molar-refractivity contribution >= 4 is 34.0 Å². The molecule has 398 valence electrons. The van der Waals surface area contributed by atoms with Gasteiger partial charge >= 0.3 is 11.9 Å². The average molecular weight is 1010 g/mol. The van der Waals surface area contributed by atoms with E-state index in [9.17, 15) is 19.8 Å². The zero-order valence-electron chi connectivity index (χ0n) is 44.5. The van der Waals surface area contributed by atoms with Crippen molar-refractivity contribution in [1.29, 1.82) is 0 Å². The van der Waals surface area contributed by atoms with E-state index in [4.69, 9.17) is 9.97 Å². The number of carboxylic acid groups (broad SMARTS) is 2. The van der Waals surface area contributed by atoms with Crippen LogP contribution in [0.25, 0.3) is 22.1 Å². The van der Waals surface area contributed by atoms with Crippen molar-refractivity contribution < 1.29 is 19.8 Å². The van der Waals surface area contributed by atoms with E-state index in [0.29, 0.717) is 42.3 Å². The van der Waals surface area contributed by atoms with Gasteiger partial charge in [0.15, 0.2) is 0 Å². The monoisotopic (exact) mass is 1010 g/mol. The van der Waals surface area contributed by atoms with Gasteiger partial charge in [0.2, 0.25) is 0 Å². The first-order valence-electron chi connectivity index (χ1n) is 30.6. The third-order valence-electron chi connectivity index (χ3n) is 22.3. The van der Waals surface area contributed by atoms with Crippen LogP contribution < -0.4 is 0 Å². The van der Waals surface area contributed by atoms with Crippen LogP contribution in [0.2, 0.25) is 0 Å². The normalized spacial score (nSPS) is 38.3. The molecule has 0 amide bonds. The van der Waals surface area contributed by atoms with Crippen molar-refractivity contribution in [2.75, 3.05) is 39.3 Å². The van der Waals surface area contributed by atoms with Crippen LogP contribution in [0.5, 0.6) is 0 Å². The Hall–Kier alpha value is -3.84. The number of piperidine rings is 6. The van der Waals surface area contributed by atoms with Gasteiger partial charge in [0.25, 0.3) is 0 Å². The third kappa shape index (κ3) is 8.87. The van der Waals surface area contributed by atoms with Crippen molar-refractivity contribution in [3.8, 4) is 0 Å². The number of fused-ring (bicyclic) bond motifs is 10. The number of carboxylic acids is 2. The van der Waals surface area contributed by atoms with Crippen LogP contribution >= 0.6 is 0 Å². The quantitative estimate of drug-likeness (QED) is 0.150. The van der Waals surface area contributed by atoms with E-state index in [1.807, 2.05) is 0 Å². The molecule has 4 saturated carbocycles. The van der Waals surface area contributed by atoms with Crippen molar-refractivity contribution in [1.82, 2.24) is 38.7 Å². The van der Waals surface area contributed by atoms with Crippen molar-refractivity contribution in [2.24, 2.45) is 17.8 Å². The van der Waals surface area contributed by atoms with Crippen LogP contribution in [0.15, 0.2) is 42.5 Å². The molecule has 6 aliphatic heterocycles. The molecule has 0 spiro atoms. The second-order valence-corrected chi connectivity index (χ2v) is 26.8. The highest BCUT2D eigenvalue weighted by Gasteiger charge is 2.52. The lowest BCUT2D eigenvalue weighted by Crippen LogP contribution is -2.60. The Kier molecular flexibility index (Phi) is 13.0. The molecule has 2 aromatic heterocycles. The van der Waals surface area contributed by atoms with Gasteiger partial charge in [0.1, 0.15) is 11.6 Å². The number of benzene rings is 2. The summed E-state index contributed by atoms with van der Waals surface area (Å²) in [5, 5.41) is 19.7. The fourth-order valence-corrected chi connectivity index (χ4v) is 19.9. The first-order valence-corrected chi connectivity index (χ1v) is 30.6. The highest BCUT2D eigenvalue weighted by molar-refractivity contribution is 5.82. The summed E-state index contributed by atoms with van der Waals surface area (Å²) in [7, 11) is 0. The number of nitrogens with zero attached hydrogens (tertiary/aromatic N) is 8. The zero-order valence-corrected chi connectivity index (χ0v) is 44.5. The molecule has 4 aromatic rings. The number of hydrogen-bond acceptors (Lipinski definition) is 8. The van der Waals surface area contributed by atoms with Gasteiger partial charge in [-0.05, 0) is 182 Å². The SMILES string of the molecule is O=C(O)CN1CCCC(c2nc3ccccc3n2C2CC3CCCC(C2)N3C2CC3CCCC(c4cccc5c4nc(C4CCCN(CC(=O)O)C4)n5C4CC5CCCC(C4)N5C4CC5CCCC(C5)C4)(C3)C2)C1. The lowest BCUT2D eigenvalue weighted by atomic mass is 9.57. The van der Waals surface area contributed by atoms with Gasteiger partial charge in [-0.15, -0.1) is 0 Å². The Morgan fingerprint density at radius 2 is 1.04 bits per heavy atom. The van der Waals surface area contributed by atoms with Crippen molar-refractivity contribution in [2.45, 2.75) is 233 Å². The summed E-state index contributed by atoms with van der Waals surface area (Å²) >= 11 is 0. The van der Waals surface area contributed by atoms with E-state index in [1.165, 1.54) is 162 Å². The van der Waals surface area contributed by atoms with Crippen molar-refractivity contribution in [3.63, 3.8) is 0 Å². The number of imidazole rings is 2. The minimum absolute atomic E-state index is 0.101. The predicted molar refractivity (Wildman–Crippen MR) is 290 cm³/mol. The lowest BCUT2D eigenvalue weighted by molar-refractivity contribution is -0.139. The maximum atomic E-state index is 12.2.